The first-order chi connectivity index (χ1) is 15.6. The van der Waals surface area contributed by atoms with Gasteiger partial charge in [-0.3, -0.25) is 14.4 Å². The summed E-state index contributed by atoms with van der Waals surface area (Å²) < 4.78 is 5.22. The second kappa shape index (κ2) is 9.94. The molecule has 0 spiro atoms. The number of hydrogen-bond donors (Lipinski definition) is 4. The average Bonchev–Trinajstić information content (AvgIpc) is 3.37. The Hall–Kier alpha value is -3.54. The van der Waals surface area contributed by atoms with Gasteiger partial charge in [-0.2, -0.15) is 5.26 Å². The van der Waals surface area contributed by atoms with Crippen LogP contribution >= 0.6 is 0 Å². The van der Waals surface area contributed by atoms with Crippen molar-refractivity contribution in [3.8, 4) is 11.8 Å². The normalized spacial score (nSPS) is 17.7. The molecule has 0 bridgehead atoms. The number of hydrogen-bond acceptors (Lipinski definition) is 5. The van der Waals surface area contributed by atoms with E-state index in [9.17, 15) is 19.6 Å². The monoisotopic (exact) mass is 453 g/mol. The summed E-state index contributed by atoms with van der Waals surface area (Å²) in [6.45, 7) is 6.49. The van der Waals surface area contributed by atoms with Crippen molar-refractivity contribution in [3.63, 3.8) is 0 Å². The van der Waals surface area contributed by atoms with Crippen molar-refractivity contribution in [2.75, 3.05) is 13.7 Å². The molecule has 4 N–H and O–H groups in total. The number of carbonyl (C=O) groups is 3. The summed E-state index contributed by atoms with van der Waals surface area (Å²) in [5.74, 6) is -0.590. The van der Waals surface area contributed by atoms with E-state index >= 15 is 0 Å². The predicted molar refractivity (Wildman–Crippen MR) is 123 cm³/mol. The molecule has 0 unspecified atom stereocenters. The summed E-state index contributed by atoms with van der Waals surface area (Å²) in [6.07, 6.45) is 1.26. The number of aromatic nitrogens is 1. The third-order valence-electron chi connectivity index (χ3n) is 5.67. The first-order valence-corrected chi connectivity index (χ1v) is 11.0. The molecule has 1 aliphatic heterocycles. The zero-order valence-corrected chi connectivity index (χ0v) is 19.5. The Bertz CT molecular complexity index is 1080. The van der Waals surface area contributed by atoms with E-state index in [4.69, 9.17) is 4.74 Å². The van der Waals surface area contributed by atoms with Gasteiger partial charge in [-0.05, 0) is 42.9 Å². The maximum absolute atomic E-state index is 13.1. The molecule has 1 fully saturated rings. The van der Waals surface area contributed by atoms with Crippen molar-refractivity contribution in [2.24, 2.45) is 11.3 Å². The number of nitrogens with one attached hydrogen (secondary N) is 4. The average molecular weight is 454 g/mol. The maximum atomic E-state index is 13.1. The molecule has 3 rings (SSSR count). The van der Waals surface area contributed by atoms with E-state index in [1.54, 1.807) is 25.3 Å². The van der Waals surface area contributed by atoms with E-state index in [0.29, 0.717) is 30.8 Å². The number of rotatable bonds is 8. The van der Waals surface area contributed by atoms with Crippen LogP contribution in [-0.4, -0.2) is 48.4 Å². The highest BCUT2D eigenvalue weighted by molar-refractivity contribution is 6.00. The van der Waals surface area contributed by atoms with Gasteiger partial charge in [0.25, 0.3) is 5.91 Å². The molecular weight excluding hydrogens is 422 g/mol. The minimum absolute atomic E-state index is 0.0977. The molecule has 1 aromatic carbocycles. The zero-order valence-electron chi connectivity index (χ0n) is 19.5. The number of fused-ring (bicyclic) bond motifs is 1. The number of methoxy groups -OCH3 is 1. The van der Waals surface area contributed by atoms with Crippen molar-refractivity contribution in [2.45, 2.75) is 52.1 Å². The molecule has 0 aliphatic carbocycles. The Morgan fingerprint density at radius 2 is 2.03 bits per heavy atom. The standard InChI is InChI=1S/C24H31N5O4/c1-24(2,3)12-20(23(32)27-16(13-25)9-15-7-8-26-21(15)30)29-22(31)19-10-14-5-6-17(33-4)11-18(14)28-19/h5-6,10-11,15-16,20,28H,7-9,12H2,1-4H3,(H,26,30)(H,27,32)(H,29,31)/t15-,16-,20-/m0/s1. The quantitative estimate of drug-likeness (QED) is 0.486. The molecular formula is C24H31N5O4. The van der Waals surface area contributed by atoms with Crippen molar-refractivity contribution in [1.29, 1.82) is 5.26 Å². The molecule has 9 nitrogen and oxygen atoms in total. The van der Waals surface area contributed by atoms with Crippen LogP contribution in [0, 0.1) is 22.7 Å². The Morgan fingerprint density at radius 1 is 1.27 bits per heavy atom. The number of ether oxygens (including phenoxy) is 1. The Balaban J connectivity index is 1.73. The number of benzene rings is 1. The van der Waals surface area contributed by atoms with Crippen LogP contribution in [0.1, 0.15) is 50.5 Å². The van der Waals surface area contributed by atoms with Gasteiger partial charge in [-0.15, -0.1) is 0 Å². The lowest BCUT2D eigenvalue weighted by Crippen LogP contribution is -2.51. The highest BCUT2D eigenvalue weighted by Gasteiger charge is 2.31. The Kier molecular flexibility index (Phi) is 7.26. The number of nitriles is 1. The molecule has 2 heterocycles. The van der Waals surface area contributed by atoms with Gasteiger partial charge in [0, 0.05) is 29.4 Å². The number of nitrogens with zero attached hydrogens (tertiary/aromatic N) is 1. The lowest BCUT2D eigenvalue weighted by atomic mass is 9.87. The summed E-state index contributed by atoms with van der Waals surface area (Å²) in [7, 11) is 1.57. The van der Waals surface area contributed by atoms with E-state index in [0.717, 1.165) is 10.9 Å². The lowest BCUT2D eigenvalue weighted by Gasteiger charge is -2.27. The van der Waals surface area contributed by atoms with Crippen LogP contribution < -0.4 is 20.7 Å². The van der Waals surface area contributed by atoms with E-state index in [2.05, 4.69) is 27.0 Å². The second-order valence-electron chi connectivity index (χ2n) is 9.63. The van der Waals surface area contributed by atoms with Gasteiger partial charge in [0.1, 0.15) is 23.5 Å². The molecule has 176 valence electrons. The molecule has 33 heavy (non-hydrogen) atoms. The largest absolute Gasteiger partial charge is 0.497 e. The van der Waals surface area contributed by atoms with Crippen molar-refractivity contribution < 1.29 is 19.1 Å². The molecule has 2 aromatic rings. The van der Waals surface area contributed by atoms with Crippen LogP contribution in [0.25, 0.3) is 10.9 Å². The highest BCUT2D eigenvalue weighted by atomic mass is 16.5. The summed E-state index contributed by atoms with van der Waals surface area (Å²) in [5.41, 5.74) is 0.816. The van der Waals surface area contributed by atoms with Crippen molar-refractivity contribution in [1.82, 2.24) is 20.9 Å². The molecule has 3 atom stereocenters. The number of aromatic amines is 1. The summed E-state index contributed by atoms with van der Waals surface area (Å²) in [5, 5.41) is 18.6. The van der Waals surface area contributed by atoms with Gasteiger partial charge in [0.15, 0.2) is 0 Å². The van der Waals surface area contributed by atoms with Gasteiger partial charge < -0.3 is 25.7 Å². The third-order valence-corrected chi connectivity index (χ3v) is 5.67. The lowest BCUT2D eigenvalue weighted by molar-refractivity contribution is -0.125. The minimum atomic E-state index is -0.841. The molecule has 3 amide bonds. The van der Waals surface area contributed by atoms with Gasteiger partial charge in [-0.1, -0.05) is 20.8 Å². The molecule has 1 saturated heterocycles. The minimum Gasteiger partial charge on any atom is -0.497 e. The van der Waals surface area contributed by atoms with Crippen molar-refractivity contribution in [3.05, 3.63) is 30.0 Å². The van der Waals surface area contributed by atoms with Crippen LogP contribution in [-0.2, 0) is 9.59 Å². The van der Waals surface area contributed by atoms with Gasteiger partial charge in [0.05, 0.1) is 13.2 Å². The topological polar surface area (TPSA) is 136 Å². The number of amides is 3. The van der Waals surface area contributed by atoms with Crippen LogP contribution in [0.15, 0.2) is 24.3 Å². The SMILES string of the molecule is COc1ccc2cc(C(=O)N[C@@H](CC(C)(C)C)C(=O)N[C@H](C#N)C[C@@H]3CCNC3=O)[nH]c2c1. The number of carbonyl (C=O) groups excluding carboxylic acids is 3. The Morgan fingerprint density at radius 3 is 2.64 bits per heavy atom. The van der Waals surface area contributed by atoms with Gasteiger partial charge in [0.2, 0.25) is 11.8 Å². The number of H-pyrrole nitrogens is 1. The first-order valence-electron chi connectivity index (χ1n) is 11.0. The molecule has 1 aromatic heterocycles. The predicted octanol–water partition coefficient (Wildman–Crippen LogP) is 2.25. The fraction of sp³-hybridized carbons (Fsp3) is 0.500. The van der Waals surface area contributed by atoms with E-state index in [-0.39, 0.29) is 23.7 Å². The Labute approximate surface area is 193 Å². The fourth-order valence-electron chi connectivity index (χ4n) is 3.98. The van der Waals surface area contributed by atoms with Gasteiger partial charge in [-0.25, -0.2) is 0 Å². The first kappa shape index (κ1) is 24.1. The van der Waals surface area contributed by atoms with Crippen LogP contribution in [0.5, 0.6) is 5.75 Å². The fourth-order valence-corrected chi connectivity index (χ4v) is 3.98. The van der Waals surface area contributed by atoms with E-state index < -0.39 is 23.9 Å². The molecule has 1 aliphatic rings. The summed E-state index contributed by atoms with van der Waals surface area (Å²) in [6, 6.07) is 7.57. The molecule has 0 radical (unpaired) electrons. The molecule has 9 heteroatoms. The zero-order chi connectivity index (χ0) is 24.2. The smallest absolute Gasteiger partial charge is 0.268 e. The summed E-state index contributed by atoms with van der Waals surface area (Å²) in [4.78, 5) is 40.9. The summed E-state index contributed by atoms with van der Waals surface area (Å²) >= 11 is 0. The third kappa shape index (κ3) is 6.25. The highest BCUT2D eigenvalue weighted by Crippen LogP contribution is 2.24. The van der Waals surface area contributed by atoms with Crippen LogP contribution in [0.2, 0.25) is 0 Å². The van der Waals surface area contributed by atoms with Crippen molar-refractivity contribution >= 4 is 28.6 Å². The maximum Gasteiger partial charge on any atom is 0.268 e. The van der Waals surface area contributed by atoms with E-state index in [1.165, 1.54) is 0 Å². The second-order valence-corrected chi connectivity index (χ2v) is 9.63. The van der Waals surface area contributed by atoms with Crippen LogP contribution in [0.4, 0.5) is 0 Å². The van der Waals surface area contributed by atoms with Gasteiger partial charge >= 0.3 is 0 Å². The van der Waals surface area contributed by atoms with E-state index in [1.807, 2.05) is 26.8 Å². The van der Waals surface area contributed by atoms with Crippen LogP contribution in [0.3, 0.4) is 0 Å². The molecule has 0 saturated carbocycles.